The Morgan fingerprint density at radius 2 is 2.10 bits per heavy atom. The SMILES string of the molecule is NCC#Cc1ccsc1C(=O)NCc1ccc(F)c(F)c1. The number of carbonyl (C=O) groups excluding carboxylic acids is 1. The second kappa shape index (κ2) is 6.97. The van der Waals surface area contributed by atoms with Crippen LogP contribution >= 0.6 is 11.3 Å². The third-order valence-electron chi connectivity index (χ3n) is 2.63. The van der Waals surface area contributed by atoms with E-state index < -0.39 is 11.6 Å². The summed E-state index contributed by atoms with van der Waals surface area (Å²) in [6, 6.07) is 5.24. The molecule has 0 spiro atoms. The number of halogens is 2. The molecule has 21 heavy (non-hydrogen) atoms. The zero-order valence-corrected chi connectivity index (χ0v) is 11.8. The fraction of sp³-hybridized carbons (Fsp3) is 0.133. The minimum Gasteiger partial charge on any atom is -0.347 e. The summed E-state index contributed by atoms with van der Waals surface area (Å²) in [4.78, 5) is 12.5. The third-order valence-corrected chi connectivity index (χ3v) is 3.55. The van der Waals surface area contributed by atoms with Crippen molar-refractivity contribution in [1.29, 1.82) is 0 Å². The number of amides is 1. The molecular weight excluding hydrogens is 294 g/mol. The lowest BCUT2D eigenvalue weighted by molar-refractivity contribution is 0.0954. The largest absolute Gasteiger partial charge is 0.347 e. The lowest BCUT2D eigenvalue weighted by Gasteiger charge is -2.05. The van der Waals surface area contributed by atoms with E-state index in [2.05, 4.69) is 17.2 Å². The minimum atomic E-state index is -0.938. The molecule has 1 aromatic heterocycles. The highest BCUT2D eigenvalue weighted by atomic mass is 32.1. The molecule has 0 fully saturated rings. The molecule has 0 aliphatic rings. The van der Waals surface area contributed by atoms with E-state index in [4.69, 9.17) is 5.73 Å². The molecule has 3 N–H and O–H groups in total. The number of carbonyl (C=O) groups is 1. The maximum absolute atomic E-state index is 13.1. The van der Waals surface area contributed by atoms with Crippen LogP contribution in [0, 0.1) is 23.5 Å². The van der Waals surface area contributed by atoms with E-state index in [1.54, 1.807) is 11.4 Å². The molecule has 2 rings (SSSR count). The molecule has 0 atom stereocenters. The van der Waals surface area contributed by atoms with Crippen molar-refractivity contribution in [1.82, 2.24) is 5.32 Å². The van der Waals surface area contributed by atoms with Gasteiger partial charge in [-0.3, -0.25) is 4.79 Å². The Hall–Kier alpha value is -2.23. The highest BCUT2D eigenvalue weighted by molar-refractivity contribution is 7.12. The number of benzene rings is 1. The minimum absolute atomic E-state index is 0.109. The maximum atomic E-state index is 13.1. The predicted octanol–water partition coefficient (Wildman–Crippen LogP) is 2.27. The number of rotatable bonds is 3. The van der Waals surface area contributed by atoms with Gasteiger partial charge in [-0.1, -0.05) is 17.9 Å². The average molecular weight is 306 g/mol. The Morgan fingerprint density at radius 1 is 1.29 bits per heavy atom. The molecule has 0 aliphatic carbocycles. The van der Waals surface area contributed by atoms with E-state index in [0.717, 1.165) is 12.1 Å². The van der Waals surface area contributed by atoms with E-state index in [-0.39, 0.29) is 19.0 Å². The topological polar surface area (TPSA) is 55.1 Å². The molecule has 1 heterocycles. The van der Waals surface area contributed by atoms with Crippen LogP contribution in [0.15, 0.2) is 29.6 Å². The van der Waals surface area contributed by atoms with Crippen LogP contribution in [0.25, 0.3) is 0 Å². The first kappa shape index (κ1) is 15.2. The lowest BCUT2D eigenvalue weighted by Crippen LogP contribution is -2.22. The highest BCUT2D eigenvalue weighted by Gasteiger charge is 2.12. The van der Waals surface area contributed by atoms with Gasteiger partial charge in [-0.05, 0) is 29.1 Å². The van der Waals surface area contributed by atoms with Crippen LogP contribution in [-0.2, 0) is 6.54 Å². The van der Waals surface area contributed by atoms with E-state index in [1.165, 1.54) is 17.4 Å². The summed E-state index contributed by atoms with van der Waals surface area (Å²) in [6.45, 7) is 0.323. The molecule has 0 saturated carbocycles. The van der Waals surface area contributed by atoms with E-state index >= 15 is 0 Å². The summed E-state index contributed by atoms with van der Waals surface area (Å²) in [6.07, 6.45) is 0. The first-order chi connectivity index (χ1) is 10.1. The van der Waals surface area contributed by atoms with Crippen molar-refractivity contribution in [2.45, 2.75) is 6.54 Å². The molecule has 0 unspecified atom stereocenters. The summed E-state index contributed by atoms with van der Waals surface area (Å²) >= 11 is 1.26. The molecule has 1 amide bonds. The van der Waals surface area contributed by atoms with Crippen LogP contribution < -0.4 is 11.1 Å². The van der Waals surface area contributed by atoms with Gasteiger partial charge in [0.2, 0.25) is 0 Å². The fourth-order valence-corrected chi connectivity index (χ4v) is 2.41. The van der Waals surface area contributed by atoms with Crippen LogP contribution in [0.1, 0.15) is 20.8 Å². The van der Waals surface area contributed by atoms with Gasteiger partial charge in [0, 0.05) is 12.1 Å². The number of nitrogens with one attached hydrogen (secondary N) is 1. The average Bonchev–Trinajstić information content (AvgIpc) is 2.94. The van der Waals surface area contributed by atoms with Gasteiger partial charge < -0.3 is 11.1 Å². The van der Waals surface area contributed by atoms with Crippen LogP contribution in [0.3, 0.4) is 0 Å². The van der Waals surface area contributed by atoms with Crippen molar-refractivity contribution < 1.29 is 13.6 Å². The normalized spacial score (nSPS) is 9.86. The first-order valence-electron chi connectivity index (χ1n) is 6.10. The molecule has 1 aromatic carbocycles. The Balaban J connectivity index is 2.05. The number of nitrogens with two attached hydrogens (primary N) is 1. The Bertz CT molecular complexity index is 716. The van der Waals surface area contributed by atoms with Gasteiger partial charge >= 0.3 is 0 Å². The second-order valence-corrected chi connectivity index (χ2v) is 5.02. The summed E-state index contributed by atoms with van der Waals surface area (Å²) in [5.41, 5.74) is 6.38. The zero-order chi connectivity index (χ0) is 15.2. The summed E-state index contributed by atoms with van der Waals surface area (Å²) in [7, 11) is 0. The Morgan fingerprint density at radius 3 is 2.81 bits per heavy atom. The van der Waals surface area contributed by atoms with Crippen LogP contribution in [0.5, 0.6) is 0 Å². The van der Waals surface area contributed by atoms with Crippen LogP contribution in [-0.4, -0.2) is 12.5 Å². The summed E-state index contributed by atoms with van der Waals surface area (Å²) < 4.78 is 25.9. The van der Waals surface area contributed by atoms with E-state index in [1.807, 2.05) is 0 Å². The van der Waals surface area contributed by atoms with Gasteiger partial charge in [0.1, 0.15) is 4.88 Å². The van der Waals surface area contributed by atoms with E-state index in [9.17, 15) is 13.6 Å². The lowest BCUT2D eigenvalue weighted by atomic mass is 10.2. The smallest absolute Gasteiger partial charge is 0.262 e. The Kier molecular flexibility index (Phi) is 5.04. The molecule has 3 nitrogen and oxygen atoms in total. The molecule has 108 valence electrons. The van der Waals surface area contributed by atoms with Crippen molar-refractivity contribution in [2.24, 2.45) is 5.73 Å². The molecule has 0 aliphatic heterocycles. The van der Waals surface area contributed by atoms with Gasteiger partial charge in [-0.15, -0.1) is 11.3 Å². The third kappa shape index (κ3) is 3.88. The number of thiophene rings is 1. The number of hydrogen-bond donors (Lipinski definition) is 2. The molecule has 0 saturated heterocycles. The maximum Gasteiger partial charge on any atom is 0.262 e. The predicted molar refractivity (Wildman–Crippen MR) is 77.8 cm³/mol. The Labute approximate surface area is 124 Å². The van der Waals surface area contributed by atoms with Crippen molar-refractivity contribution >= 4 is 17.2 Å². The molecule has 6 heteroatoms. The van der Waals surface area contributed by atoms with Gasteiger partial charge in [0.15, 0.2) is 11.6 Å². The van der Waals surface area contributed by atoms with E-state index in [0.29, 0.717) is 16.0 Å². The zero-order valence-electron chi connectivity index (χ0n) is 11.0. The first-order valence-corrected chi connectivity index (χ1v) is 6.98. The standard InChI is InChI=1S/C15H12F2N2OS/c16-12-4-3-10(8-13(12)17)9-19-15(20)14-11(2-1-6-18)5-7-21-14/h3-5,7-8H,6,9,18H2,(H,19,20). The second-order valence-electron chi connectivity index (χ2n) is 4.10. The van der Waals surface area contributed by atoms with Gasteiger partial charge in [0.05, 0.1) is 6.54 Å². The van der Waals surface area contributed by atoms with Gasteiger partial charge in [-0.2, -0.15) is 0 Å². The molecule has 0 bridgehead atoms. The number of hydrogen-bond acceptors (Lipinski definition) is 3. The van der Waals surface area contributed by atoms with Gasteiger partial charge in [-0.25, -0.2) is 8.78 Å². The monoisotopic (exact) mass is 306 g/mol. The molecule has 2 aromatic rings. The quantitative estimate of drug-likeness (QED) is 0.855. The van der Waals surface area contributed by atoms with Crippen LogP contribution in [0.4, 0.5) is 8.78 Å². The fourth-order valence-electron chi connectivity index (χ4n) is 1.64. The van der Waals surface area contributed by atoms with Crippen LogP contribution in [0.2, 0.25) is 0 Å². The summed E-state index contributed by atoms with van der Waals surface area (Å²) in [5.74, 6) is 3.34. The van der Waals surface area contributed by atoms with Crippen molar-refractivity contribution in [3.05, 3.63) is 57.3 Å². The van der Waals surface area contributed by atoms with Crippen molar-refractivity contribution in [2.75, 3.05) is 6.54 Å². The molecular formula is C15H12F2N2OS. The highest BCUT2D eigenvalue weighted by Crippen LogP contribution is 2.16. The van der Waals surface area contributed by atoms with Gasteiger partial charge in [0.25, 0.3) is 5.91 Å². The molecule has 0 radical (unpaired) electrons. The van der Waals surface area contributed by atoms with Crippen molar-refractivity contribution in [3.63, 3.8) is 0 Å². The van der Waals surface area contributed by atoms with Crippen molar-refractivity contribution in [3.8, 4) is 11.8 Å². The summed E-state index contributed by atoms with van der Waals surface area (Å²) in [5, 5.41) is 4.41.